The summed E-state index contributed by atoms with van der Waals surface area (Å²) in [5, 5.41) is 13.6. The average Bonchev–Trinajstić information content (AvgIpc) is 3.00. The molecule has 2 aromatic rings. The number of benzene rings is 2. The number of carbonyl (C=O) groups is 3. The van der Waals surface area contributed by atoms with Crippen molar-refractivity contribution in [3.05, 3.63) is 54.1 Å². The summed E-state index contributed by atoms with van der Waals surface area (Å²) in [6, 6.07) is 10.8. The third-order valence-electron chi connectivity index (χ3n) is 4.30. The average molecular weight is 484 g/mol. The zero-order valence-electron chi connectivity index (χ0n) is 16.4. The lowest BCUT2D eigenvalue weighted by atomic mass is 10.2. The van der Waals surface area contributed by atoms with Crippen LogP contribution < -0.4 is 25.1 Å². The van der Waals surface area contributed by atoms with Gasteiger partial charge in [0, 0.05) is 18.0 Å². The Morgan fingerprint density at radius 3 is 2.38 bits per heavy atom. The van der Waals surface area contributed by atoms with Crippen LogP contribution >= 0.6 is 23.4 Å². The van der Waals surface area contributed by atoms with Crippen molar-refractivity contribution in [1.82, 2.24) is 0 Å². The summed E-state index contributed by atoms with van der Waals surface area (Å²) in [5.74, 6) is -2.37. The SMILES string of the molecule is C[NH+]=C(Nc1ccc(OC(F)(F)Cl)cc1)SC1CC(=O)N(c2ccc(C(=O)[O-])cc2)C1=O. The number of amides is 2. The number of alkyl halides is 3. The quantitative estimate of drug-likeness (QED) is 0.270. The van der Waals surface area contributed by atoms with Crippen LogP contribution in [0.3, 0.4) is 0 Å². The lowest BCUT2D eigenvalue weighted by Gasteiger charge is -2.15. The molecule has 2 amide bonds. The number of anilines is 2. The second-order valence-electron chi connectivity index (χ2n) is 6.49. The first kappa shape index (κ1) is 23.5. The fraction of sp³-hybridized carbons (Fsp3) is 0.200. The summed E-state index contributed by atoms with van der Waals surface area (Å²) in [5.41, 5.74) is -3.11. The van der Waals surface area contributed by atoms with E-state index in [1.165, 1.54) is 48.5 Å². The molecule has 0 radical (unpaired) electrons. The molecule has 0 aliphatic carbocycles. The second kappa shape index (κ2) is 9.53. The Kier molecular flexibility index (Phi) is 6.99. The van der Waals surface area contributed by atoms with E-state index >= 15 is 0 Å². The van der Waals surface area contributed by atoms with E-state index in [1.54, 1.807) is 7.05 Å². The van der Waals surface area contributed by atoms with E-state index in [4.69, 9.17) is 11.6 Å². The standard InChI is InChI=1S/C20H16ClF2N3O5S/c1-24-19(25-12-4-8-14(9-5-12)31-20(21,22)23)32-15-10-16(27)26(17(15)28)13-6-2-11(3-7-13)18(29)30/h2-9,15H,10H2,1H3,(H,24,25)(H,29,30). The minimum absolute atomic E-state index is 0.0593. The van der Waals surface area contributed by atoms with Crippen LogP contribution in [0.1, 0.15) is 16.8 Å². The van der Waals surface area contributed by atoms with Crippen molar-refractivity contribution in [3.63, 3.8) is 0 Å². The predicted molar refractivity (Wildman–Crippen MR) is 113 cm³/mol. The first-order chi connectivity index (χ1) is 15.1. The smallest absolute Gasteiger partial charge is 0.487 e. The summed E-state index contributed by atoms with van der Waals surface area (Å²) in [7, 11) is 1.61. The number of hydrogen-bond donors (Lipinski definition) is 2. The van der Waals surface area contributed by atoms with Gasteiger partial charge in [0.2, 0.25) is 11.8 Å². The number of ether oxygens (including phenoxy) is 1. The Morgan fingerprint density at radius 2 is 1.84 bits per heavy atom. The Hall–Kier alpha value is -3.18. The predicted octanol–water partition coefficient (Wildman–Crippen LogP) is 0.762. The maximum absolute atomic E-state index is 12.8. The molecule has 1 unspecified atom stereocenters. The zero-order valence-corrected chi connectivity index (χ0v) is 18.0. The Balaban J connectivity index is 1.66. The van der Waals surface area contributed by atoms with E-state index in [0.717, 1.165) is 16.7 Å². The molecule has 0 spiro atoms. The molecule has 32 heavy (non-hydrogen) atoms. The van der Waals surface area contributed by atoms with Gasteiger partial charge in [-0.2, -0.15) is 0 Å². The molecule has 1 aliphatic heterocycles. The number of carbonyl (C=O) groups excluding carboxylic acids is 3. The maximum Gasteiger partial charge on any atom is 0.487 e. The highest BCUT2D eigenvalue weighted by molar-refractivity contribution is 8.15. The number of aromatic carboxylic acids is 1. The highest BCUT2D eigenvalue weighted by atomic mass is 35.5. The van der Waals surface area contributed by atoms with Crippen LogP contribution in [0.25, 0.3) is 0 Å². The molecule has 0 saturated carbocycles. The van der Waals surface area contributed by atoms with Gasteiger partial charge in [-0.1, -0.05) is 12.1 Å². The topological polar surface area (TPSA) is 113 Å². The summed E-state index contributed by atoms with van der Waals surface area (Å²) in [4.78, 5) is 40.0. The van der Waals surface area contributed by atoms with Crippen molar-refractivity contribution in [2.75, 3.05) is 17.3 Å². The van der Waals surface area contributed by atoms with E-state index < -0.39 is 28.6 Å². The van der Waals surface area contributed by atoms with Crippen LogP contribution in [-0.4, -0.2) is 40.8 Å². The zero-order chi connectivity index (χ0) is 23.5. The van der Waals surface area contributed by atoms with Crippen LogP contribution in [0, 0.1) is 0 Å². The van der Waals surface area contributed by atoms with Crippen LogP contribution in [0.4, 0.5) is 20.2 Å². The van der Waals surface area contributed by atoms with E-state index in [-0.39, 0.29) is 23.4 Å². The van der Waals surface area contributed by atoms with E-state index in [2.05, 4.69) is 15.0 Å². The molecule has 1 fully saturated rings. The first-order valence-electron chi connectivity index (χ1n) is 9.10. The molecule has 1 aliphatic rings. The van der Waals surface area contributed by atoms with Crippen molar-refractivity contribution in [2.45, 2.75) is 17.2 Å². The van der Waals surface area contributed by atoms with Gasteiger partial charge in [0.05, 0.1) is 18.7 Å². The van der Waals surface area contributed by atoms with Crippen LogP contribution in [0.5, 0.6) is 5.75 Å². The number of nitrogens with one attached hydrogen (secondary N) is 2. The minimum atomic E-state index is -3.82. The minimum Gasteiger partial charge on any atom is -0.545 e. The van der Waals surface area contributed by atoms with E-state index in [1.807, 2.05) is 0 Å². The molecule has 12 heteroatoms. The molecule has 2 aromatic carbocycles. The third kappa shape index (κ3) is 5.74. The van der Waals surface area contributed by atoms with E-state index in [9.17, 15) is 28.3 Å². The summed E-state index contributed by atoms with van der Waals surface area (Å²) in [6.07, 6.45) is -0.0593. The second-order valence-corrected chi connectivity index (χ2v) is 8.14. The molecule has 0 bridgehead atoms. The largest absolute Gasteiger partial charge is 0.545 e. The Morgan fingerprint density at radius 1 is 1.22 bits per heavy atom. The molecule has 1 heterocycles. The maximum atomic E-state index is 12.8. The van der Waals surface area contributed by atoms with Crippen molar-refractivity contribution < 1.29 is 38.0 Å². The molecule has 8 nitrogen and oxygen atoms in total. The van der Waals surface area contributed by atoms with Gasteiger partial charge in [0.1, 0.15) is 16.7 Å². The summed E-state index contributed by atoms with van der Waals surface area (Å²) in [6.45, 7) is 0. The van der Waals surface area contributed by atoms with Crippen molar-refractivity contribution in [2.24, 2.45) is 0 Å². The van der Waals surface area contributed by atoms with Gasteiger partial charge in [0.25, 0.3) is 0 Å². The molecular weight excluding hydrogens is 468 g/mol. The Bertz CT molecular complexity index is 1060. The highest BCUT2D eigenvalue weighted by Gasteiger charge is 2.41. The number of carboxylic acids is 1. The van der Waals surface area contributed by atoms with Gasteiger partial charge in [0.15, 0.2) is 0 Å². The van der Waals surface area contributed by atoms with Gasteiger partial charge in [-0.3, -0.25) is 14.6 Å². The van der Waals surface area contributed by atoms with Gasteiger partial charge < -0.3 is 14.6 Å². The van der Waals surface area contributed by atoms with Gasteiger partial charge >= 0.3 is 10.7 Å². The third-order valence-corrected chi connectivity index (χ3v) is 5.57. The van der Waals surface area contributed by atoms with Gasteiger partial charge in [-0.05, 0) is 53.7 Å². The molecule has 3 rings (SSSR count). The monoisotopic (exact) mass is 483 g/mol. The van der Waals surface area contributed by atoms with Gasteiger partial charge in [-0.25, -0.2) is 10.2 Å². The van der Waals surface area contributed by atoms with Crippen LogP contribution in [-0.2, 0) is 9.59 Å². The lowest BCUT2D eigenvalue weighted by Crippen LogP contribution is -2.69. The number of halogens is 3. The number of imide groups is 1. The van der Waals surface area contributed by atoms with Crippen molar-refractivity contribution >= 4 is 57.7 Å². The normalized spacial score (nSPS) is 16.9. The van der Waals surface area contributed by atoms with Crippen LogP contribution in [0.15, 0.2) is 48.5 Å². The van der Waals surface area contributed by atoms with Crippen molar-refractivity contribution in [1.29, 1.82) is 0 Å². The van der Waals surface area contributed by atoms with Gasteiger partial charge in [-0.15, -0.1) is 8.78 Å². The summed E-state index contributed by atoms with van der Waals surface area (Å²) >= 11 is 5.82. The number of hydrogen-bond acceptors (Lipinski definition) is 6. The fourth-order valence-electron chi connectivity index (χ4n) is 2.88. The fourth-order valence-corrected chi connectivity index (χ4v) is 3.98. The highest BCUT2D eigenvalue weighted by Crippen LogP contribution is 2.31. The summed E-state index contributed by atoms with van der Waals surface area (Å²) < 4.78 is 29.6. The molecule has 2 N–H and O–H groups in total. The molecule has 1 saturated heterocycles. The van der Waals surface area contributed by atoms with Crippen LogP contribution in [0.2, 0.25) is 0 Å². The molecule has 168 valence electrons. The number of thioether (sulfide) groups is 1. The molecular formula is C20H16ClF2N3O5S. The number of amidine groups is 1. The molecule has 1 atom stereocenters. The van der Waals surface area contributed by atoms with E-state index in [0.29, 0.717) is 10.9 Å². The number of nitrogens with zero attached hydrogens (tertiary/aromatic N) is 1. The molecule has 0 aromatic heterocycles. The number of rotatable bonds is 6. The first-order valence-corrected chi connectivity index (χ1v) is 10.4. The Labute approximate surface area is 190 Å². The number of carboxylic acid groups (broad SMARTS) is 1. The lowest BCUT2D eigenvalue weighted by molar-refractivity contribution is -0.416. The van der Waals surface area contributed by atoms with Crippen molar-refractivity contribution in [3.8, 4) is 5.75 Å².